The van der Waals surface area contributed by atoms with Gasteiger partial charge in [-0.1, -0.05) is 28.1 Å². The molecule has 0 spiro atoms. The summed E-state index contributed by atoms with van der Waals surface area (Å²) in [4.78, 5) is 23.2. The summed E-state index contributed by atoms with van der Waals surface area (Å²) in [6.45, 7) is 1.35. The fraction of sp³-hybridized carbons (Fsp3) is 0.0769. The first kappa shape index (κ1) is 13.8. The van der Waals surface area contributed by atoms with E-state index in [4.69, 9.17) is 5.11 Å². The molecule has 0 bridgehead atoms. The van der Waals surface area contributed by atoms with E-state index in [1.165, 1.54) is 6.92 Å². The van der Waals surface area contributed by atoms with Crippen LogP contribution in [0.1, 0.15) is 16.6 Å². The van der Waals surface area contributed by atoms with Gasteiger partial charge < -0.3 is 10.4 Å². The van der Waals surface area contributed by atoms with E-state index in [9.17, 15) is 9.59 Å². The molecular formula is C13H10BrNO3S. The Morgan fingerprint density at radius 1 is 1.26 bits per heavy atom. The van der Waals surface area contributed by atoms with Gasteiger partial charge >= 0.3 is 5.97 Å². The van der Waals surface area contributed by atoms with E-state index in [1.54, 1.807) is 6.07 Å². The molecule has 2 rings (SSSR count). The highest BCUT2D eigenvalue weighted by molar-refractivity contribution is 9.10. The number of hydrogen-bond donors (Lipinski definition) is 2. The fourth-order valence-electron chi connectivity index (χ4n) is 1.59. The number of nitrogens with one attached hydrogen (secondary N) is 1. The minimum Gasteiger partial charge on any atom is -0.477 e. The summed E-state index contributed by atoms with van der Waals surface area (Å²) in [6.07, 6.45) is 0. The van der Waals surface area contributed by atoms with Crippen molar-refractivity contribution in [1.29, 1.82) is 0 Å². The van der Waals surface area contributed by atoms with Gasteiger partial charge in [-0.3, -0.25) is 4.79 Å². The number of carboxylic acid groups (broad SMARTS) is 1. The third-order valence-electron chi connectivity index (χ3n) is 2.37. The number of thiophene rings is 1. The predicted molar refractivity (Wildman–Crippen MR) is 78.7 cm³/mol. The van der Waals surface area contributed by atoms with E-state index in [0.29, 0.717) is 5.69 Å². The second-order valence-corrected chi connectivity index (χ2v) is 5.81. The maximum atomic E-state index is 11.2. The van der Waals surface area contributed by atoms with Crippen molar-refractivity contribution in [1.82, 2.24) is 0 Å². The molecule has 0 aliphatic rings. The fourth-order valence-corrected chi connectivity index (χ4v) is 2.81. The zero-order valence-electron chi connectivity index (χ0n) is 9.94. The van der Waals surface area contributed by atoms with E-state index >= 15 is 0 Å². The van der Waals surface area contributed by atoms with Gasteiger partial charge in [0, 0.05) is 16.3 Å². The minimum atomic E-state index is -1.04. The second-order valence-electron chi connectivity index (χ2n) is 3.85. The maximum Gasteiger partial charge on any atom is 0.348 e. The largest absolute Gasteiger partial charge is 0.477 e. The molecule has 2 aromatic rings. The molecular weight excluding hydrogens is 330 g/mol. The van der Waals surface area contributed by atoms with Crippen LogP contribution < -0.4 is 5.32 Å². The van der Waals surface area contributed by atoms with Gasteiger partial charge in [0.2, 0.25) is 5.91 Å². The van der Waals surface area contributed by atoms with Crippen LogP contribution in [0.2, 0.25) is 0 Å². The van der Waals surface area contributed by atoms with E-state index in [-0.39, 0.29) is 10.8 Å². The lowest BCUT2D eigenvalue weighted by Crippen LogP contribution is -2.08. The number of carbonyl (C=O) groups is 2. The Balaban J connectivity index is 2.45. The van der Waals surface area contributed by atoms with Crippen molar-refractivity contribution in [3.63, 3.8) is 0 Å². The molecule has 0 aliphatic carbocycles. The van der Waals surface area contributed by atoms with Crippen molar-refractivity contribution >= 4 is 44.8 Å². The third kappa shape index (κ3) is 3.21. The van der Waals surface area contributed by atoms with Crippen molar-refractivity contribution in [2.45, 2.75) is 6.92 Å². The van der Waals surface area contributed by atoms with Crippen molar-refractivity contribution in [2.24, 2.45) is 0 Å². The molecule has 0 saturated carbocycles. The van der Waals surface area contributed by atoms with Crippen LogP contribution in [-0.4, -0.2) is 17.0 Å². The molecule has 0 radical (unpaired) electrons. The lowest BCUT2D eigenvalue weighted by Gasteiger charge is -1.98. The molecule has 19 heavy (non-hydrogen) atoms. The molecule has 0 fully saturated rings. The summed E-state index contributed by atoms with van der Waals surface area (Å²) in [5.74, 6) is -1.33. The van der Waals surface area contributed by atoms with E-state index in [1.807, 2.05) is 24.3 Å². The summed E-state index contributed by atoms with van der Waals surface area (Å²) in [6, 6.07) is 9.22. The van der Waals surface area contributed by atoms with Crippen LogP contribution in [0.15, 0.2) is 34.8 Å². The minimum absolute atomic E-state index is 0.133. The zero-order valence-corrected chi connectivity index (χ0v) is 12.3. The molecule has 1 amide bonds. The Kier molecular flexibility index (Phi) is 4.01. The number of anilines is 1. The smallest absolute Gasteiger partial charge is 0.348 e. The Morgan fingerprint density at radius 2 is 1.89 bits per heavy atom. The van der Waals surface area contributed by atoms with Gasteiger partial charge in [0.25, 0.3) is 0 Å². The van der Waals surface area contributed by atoms with E-state index in [2.05, 4.69) is 21.2 Å². The number of amides is 1. The Morgan fingerprint density at radius 3 is 2.42 bits per heavy atom. The van der Waals surface area contributed by atoms with Crippen LogP contribution in [0.5, 0.6) is 0 Å². The number of hydrogen-bond acceptors (Lipinski definition) is 3. The maximum absolute atomic E-state index is 11.2. The topological polar surface area (TPSA) is 66.4 Å². The highest BCUT2D eigenvalue weighted by atomic mass is 79.9. The van der Waals surface area contributed by atoms with Gasteiger partial charge in [0.05, 0.1) is 5.69 Å². The molecule has 0 atom stereocenters. The van der Waals surface area contributed by atoms with Crippen LogP contribution in [0.3, 0.4) is 0 Å². The Bertz CT molecular complexity index is 634. The summed E-state index contributed by atoms with van der Waals surface area (Å²) in [5.41, 5.74) is 1.25. The molecule has 98 valence electrons. The van der Waals surface area contributed by atoms with Crippen LogP contribution in [-0.2, 0) is 4.79 Å². The molecule has 1 aromatic carbocycles. The van der Waals surface area contributed by atoms with E-state index in [0.717, 1.165) is 26.3 Å². The monoisotopic (exact) mass is 339 g/mol. The first-order valence-corrected chi connectivity index (χ1v) is 6.99. The standard InChI is InChI=1S/C13H10BrNO3S/c1-7(16)15-10-6-11(19-12(10)13(17)18)8-2-4-9(14)5-3-8/h2-6H,1H3,(H,15,16)(H,17,18). The van der Waals surface area contributed by atoms with Crippen molar-refractivity contribution in [3.05, 3.63) is 39.7 Å². The lowest BCUT2D eigenvalue weighted by molar-refractivity contribution is -0.114. The molecule has 0 unspecified atom stereocenters. The van der Waals surface area contributed by atoms with Gasteiger partial charge in [-0.05, 0) is 23.8 Å². The Hall–Kier alpha value is -1.66. The average Bonchev–Trinajstić information content (AvgIpc) is 2.73. The van der Waals surface area contributed by atoms with Crippen molar-refractivity contribution in [2.75, 3.05) is 5.32 Å². The zero-order chi connectivity index (χ0) is 14.0. The number of benzene rings is 1. The molecule has 0 saturated heterocycles. The highest BCUT2D eigenvalue weighted by Crippen LogP contribution is 2.35. The summed E-state index contributed by atoms with van der Waals surface area (Å²) < 4.78 is 0.952. The number of rotatable bonds is 3. The first-order valence-electron chi connectivity index (χ1n) is 5.38. The lowest BCUT2D eigenvalue weighted by atomic mass is 10.2. The summed E-state index contributed by atoms with van der Waals surface area (Å²) in [5, 5.41) is 11.7. The molecule has 2 N–H and O–H groups in total. The number of carboxylic acids is 1. The van der Waals surface area contributed by atoms with Gasteiger partial charge in [0.1, 0.15) is 4.88 Å². The van der Waals surface area contributed by atoms with Gasteiger partial charge in [-0.15, -0.1) is 11.3 Å². The van der Waals surface area contributed by atoms with Gasteiger partial charge in [-0.25, -0.2) is 4.79 Å². The third-order valence-corrected chi connectivity index (χ3v) is 4.07. The second kappa shape index (κ2) is 5.54. The molecule has 0 aliphatic heterocycles. The SMILES string of the molecule is CC(=O)Nc1cc(-c2ccc(Br)cc2)sc1C(=O)O. The van der Waals surface area contributed by atoms with Gasteiger partial charge in [-0.2, -0.15) is 0 Å². The summed E-state index contributed by atoms with van der Waals surface area (Å²) >= 11 is 4.48. The molecule has 1 aromatic heterocycles. The molecule has 4 nitrogen and oxygen atoms in total. The van der Waals surface area contributed by atoms with E-state index < -0.39 is 5.97 Å². The normalized spacial score (nSPS) is 10.2. The number of halogens is 1. The predicted octanol–water partition coefficient (Wildman–Crippen LogP) is 3.83. The molecule has 6 heteroatoms. The average molecular weight is 340 g/mol. The van der Waals surface area contributed by atoms with Crippen molar-refractivity contribution in [3.8, 4) is 10.4 Å². The highest BCUT2D eigenvalue weighted by Gasteiger charge is 2.17. The quantitative estimate of drug-likeness (QED) is 0.892. The molecule has 1 heterocycles. The summed E-state index contributed by atoms with van der Waals surface area (Å²) in [7, 11) is 0. The van der Waals surface area contributed by atoms with Crippen LogP contribution in [0.4, 0.5) is 5.69 Å². The number of aromatic carboxylic acids is 1. The van der Waals surface area contributed by atoms with Gasteiger partial charge in [0.15, 0.2) is 0 Å². The van der Waals surface area contributed by atoms with Crippen LogP contribution in [0, 0.1) is 0 Å². The number of carbonyl (C=O) groups excluding carboxylic acids is 1. The van der Waals surface area contributed by atoms with Crippen molar-refractivity contribution < 1.29 is 14.7 Å². The van der Waals surface area contributed by atoms with Crippen LogP contribution in [0.25, 0.3) is 10.4 Å². The van der Waals surface area contributed by atoms with Crippen LogP contribution >= 0.6 is 27.3 Å². The first-order chi connectivity index (χ1) is 8.97. The Labute approximate surface area is 122 Å².